The minimum absolute atomic E-state index is 0.0254. The largest absolute Gasteiger partial charge is 0.507 e. The van der Waals surface area contributed by atoms with Crippen molar-refractivity contribution in [3.05, 3.63) is 88.1 Å². The van der Waals surface area contributed by atoms with Crippen molar-refractivity contribution in [3.63, 3.8) is 0 Å². The van der Waals surface area contributed by atoms with E-state index in [1.54, 1.807) is 6.92 Å². The molecule has 1 aliphatic carbocycles. The molecule has 1 fully saturated rings. The number of rotatable bonds is 9. The van der Waals surface area contributed by atoms with E-state index in [0.29, 0.717) is 11.1 Å². The Morgan fingerprint density at radius 3 is 2.37 bits per heavy atom. The molecule has 1 aromatic heterocycles. The molecule has 3 aromatic rings. The second kappa shape index (κ2) is 12.7. The maximum Gasteiger partial charge on any atom is 0.253 e. The number of phenols is 1. The van der Waals surface area contributed by atoms with Gasteiger partial charge in [0, 0.05) is 48.0 Å². The van der Waals surface area contributed by atoms with Crippen molar-refractivity contribution in [2.45, 2.75) is 49.5 Å². The number of amides is 2. The van der Waals surface area contributed by atoms with Crippen LogP contribution in [0.25, 0.3) is 0 Å². The minimum Gasteiger partial charge on any atom is -0.507 e. The van der Waals surface area contributed by atoms with Crippen molar-refractivity contribution in [1.29, 1.82) is 0 Å². The molecule has 0 saturated carbocycles. The molecule has 6 atom stereocenters. The third kappa shape index (κ3) is 5.81. The number of methoxy groups -OCH3 is 1. The summed E-state index contributed by atoms with van der Waals surface area (Å²) in [4.78, 5) is 57.0. The Morgan fingerprint density at radius 2 is 1.71 bits per heavy atom. The first-order valence-corrected chi connectivity index (χ1v) is 15.2. The molecule has 2 aliphatic heterocycles. The quantitative estimate of drug-likeness (QED) is 0.129. The molecule has 3 aliphatic rings. The summed E-state index contributed by atoms with van der Waals surface area (Å²) >= 11 is 0. The van der Waals surface area contributed by atoms with Gasteiger partial charge in [0.05, 0.1) is 24.8 Å². The molecule has 0 spiro atoms. The monoisotopic (exact) mass is 675 g/mol. The average molecular weight is 676 g/mol. The number of fused-ring (bicyclic) bond motifs is 2. The highest BCUT2D eigenvalue weighted by atomic mass is 16.7. The number of aryl methyl sites for hydroxylation is 1. The summed E-state index contributed by atoms with van der Waals surface area (Å²) in [6.45, 7) is 0.483. The number of hydrogen-bond donors (Lipinski definition) is 6. The van der Waals surface area contributed by atoms with Crippen molar-refractivity contribution in [3.8, 4) is 17.2 Å². The molecule has 15 heteroatoms. The molecular formula is C34H33N3O12. The van der Waals surface area contributed by atoms with Crippen LogP contribution >= 0.6 is 0 Å². The van der Waals surface area contributed by atoms with E-state index in [2.05, 4.69) is 4.98 Å². The Kier molecular flexibility index (Phi) is 8.72. The first-order valence-electron chi connectivity index (χ1n) is 15.2. The number of aliphatic hydroxyl groups is 4. The van der Waals surface area contributed by atoms with Crippen LogP contribution in [0.2, 0.25) is 0 Å². The zero-order chi connectivity index (χ0) is 35.4. The highest BCUT2D eigenvalue weighted by Gasteiger charge is 2.56. The van der Waals surface area contributed by atoms with Gasteiger partial charge in [-0.15, -0.1) is 0 Å². The second-order valence-electron chi connectivity index (χ2n) is 12.2. The van der Waals surface area contributed by atoms with E-state index < -0.39 is 78.3 Å². The lowest BCUT2D eigenvalue weighted by molar-refractivity contribution is -0.315. The number of benzene rings is 2. The van der Waals surface area contributed by atoms with Gasteiger partial charge in [0.1, 0.15) is 47.0 Å². The van der Waals surface area contributed by atoms with E-state index in [1.807, 2.05) is 0 Å². The van der Waals surface area contributed by atoms with Crippen LogP contribution in [-0.4, -0.2) is 109 Å². The summed E-state index contributed by atoms with van der Waals surface area (Å²) in [7, 11) is 1.31. The van der Waals surface area contributed by atoms with Crippen LogP contribution in [0.1, 0.15) is 55.3 Å². The van der Waals surface area contributed by atoms with E-state index in [0.717, 1.165) is 17.1 Å². The van der Waals surface area contributed by atoms with Crippen molar-refractivity contribution in [1.82, 2.24) is 9.88 Å². The number of hydrogen-bond acceptors (Lipinski definition) is 14. The topological polar surface area (TPSA) is 239 Å². The summed E-state index contributed by atoms with van der Waals surface area (Å²) in [5.74, 6) is -4.00. The second-order valence-corrected chi connectivity index (χ2v) is 12.2. The fourth-order valence-corrected chi connectivity index (χ4v) is 6.57. The minimum atomic E-state index is -2.40. The van der Waals surface area contributed by atoms with Gasteiger partial charge in [0.2, 0.25) is 12.1 Å². The van der Waals surface area contributed by atoms with Gasteiger partial charge in [-0.2, -0.15) is 0 Å². The molecule has 6 unspecified atom stereocenters. The molecule has 1 saturated heterocycles. The number of carbonyl (C=O) groups excluding carboxylic acids is 4. The maximum atomic E-state index is 13.8. The van der Waals surface area contributed by atoms with E-state index in [1.165, 1.54) is 49.7 Å². The zero-order valence-electron chi connectivity index (χ0n) is 26.3. The van der Waals surface area contributed by atoms with Crippen LogP contribution < -0.4 is 15.2 Å². The highest BCUT2D eigenvalue weighted by Crippen LogP contribution is 2.43. The van der Waals surface area contributed by atoms with Crippen LogP contribution in [0, 0.1) is 6.92 Å². The molecule has 0 radical (unpaired) electrons. The van der Waals surface area contributed by atoms with Gasteiger partial charge in [-0.25, -0.2) is 4.98 Å². The number of nitrogens with zero attached hydrogens (tertiary/aromatic N) is 2. The number of aromatic nitrogens is 1. The number of phenolic OH excluding ortho intramolecular Hbond substituents is 1. The van der Waals surface area contributed by atoms with E-state index in [9.17, 15) is 44.7 Å². The summed E-state index contributed by atoms with van der Waals surface area (Å²) < 4.78 is 17.1. The Bertz CT molecular complexity index is 1890. The van der Waals surface area contributed by atoms with Crippen molar-refractivity contribution in [2.24, 2.45) is 0 Å². The van der Waals surface area contributed by atoms with Crippen LogP contribution in [0.15, 0.2) is 54.7 Å². The number of nitrogen functional groups attached to an aromatic ring is 1. The summed E-state index contributed by atoms with van der Waals surface area (Å²) in [6, 6.07) is 8.37. The van der Waals surface area contributed by atoms with Gasteiger partial charge in [-0.1, -0.05) is 0 Å². The van der Waals surface area contributed by atoms with E-state index in [4.69, 9.17) is 19.9 Å². The Hall–Kier alpha value is -5.19. The number of aromatic hydroxyl groups is 1. The molecule has 6 rings (SSSR count). The van der Waals surface area contributed by atoms with Crippen LogP contribution in [-0.2, 0) is 14.3 Å². The lowest BCUT2D eigenvalue weighted by atomic mass is 9.75. The molecule has 49 heavy (non-hydrogen) atoms. The molecule has 256 valence electrons. The molecule has 15 nitrogen and oxygen atoms in total. The molecule has 0 bridgehead atoms. The van der Waals surface area contributed by atoms with Gasteiger partial charge in [-0.3, -0.25) is 24.1 Å². The summed E-state index contributed by atoms with van der Waals surface area (Å²) in [5.41, 5.74) is 3.78. The smallest absolute Gasteiger partial charge is 0.253 e. The first kappa shape index (κ1) is 33.7. The maximum absolute atomic E-state index is 13.8. The number of carbonyl (C=O) groups is 4. The number of anilines is 1. The Labute approximate surface area is 278 Å². The van der Waals surface area contributed by atoms with Gasteiger partial charge >= 0.3 is 0 Å². The third-order valence-corrected chi connectivity index (χ3v) is 9.05. The normalized spacial score (nSPS) is 25.3. The fourth-order valence-electron chi connectivity index (χ4n) is 6.57. The SMILES string of the molecule is COc1cc(OC2OC(CO)C(O)(CC(CN3C(=O)C=CC3=O)c3ccnc(N)c3)C(O)C2O)c2c(c1)C(=O)c1cc(C)cc(O)c1C2=O. The standard InChI is InChI=1S/C34H33N3O12/c1-15-7-19-27(21(39)8-15)30(43)28-20(29(19)42)10-18(47-2)11-22(28)48-33-31(44)32(45)34(46,23(14-38)49-33)12-17(16-5-6-36-24(35)9-16)13-37-25(40)3-4-26(37)41/h3-11,17,23,31-33,38-39,44-46H,12-14H2,1-2H3,(H2,35,36). The zero-order valence-corrected chi connectivity index (χ0v) is 26.3. The molecule has 2 amide bonds. The van der Waals surface area contributed by atoms with Gasteiger partial charge < -0.3 is 45.5 Å². The van der Waals surface area contributed by atoms with Gasteiger partial charge in [0.15, 0.2) is 5.78 Å². The Morgan fingerprint density at radius 1 is 1.02 bits per heavy atom. The van der Waals surface area contributed by atoms with Crippen LogP contribution in [0.3, 0.4) is 0 Å². The van der Waals surface area contributed by atoms with E-state index >= 15 is 0 Å². The average Bonchev–Trinajstić information content (AvgIpc) is 3.38. The molecule has 3 heterocycles. The van der Waals surface area contributed by atoms with Gasteiger partial charge in [0.25, 0.3) is 11.8 Å². The number of ketones is 2. The summed E-state index contributed by atoms with van der Waals surface area (Å²) in [5, 5.41) is 55.7. The van der Waals surface area contributed by atoms with Crippen LogP contribution in [0.5, 0.6) is 17.2 Å². The van der Waals surface area contributed by atoms with Crippen molar-refractivity contribution >= 4 is 29.2 Å². The van der Waals surface area contributed by atoms with Crippen molar-refractivity contribution in [2.75, 3.05) is 26.0 Å². The van der Waals surface area contributed by atoms with Crippen molar-refractivity contribution < 1.29 is 58.9 Å². The highest BCUT2D eigenvalue weighted by molar-refractivity contribution is 6.30. The molecular weight excluding hydrogens is 642 g/mol. The third-order valence-electron chi connectivity index (χ3n) is 9.05. The predicted octanol–water partition coefficient (Wildman–Crippen LogP) is 0.110. The van der Waals surface area contributed by atoms with Gasteiger partial charge in [-0.05, 0) is 54.8 Å². The predicted molar refractivity (Wildman–Crippen MR) is 168 cm³/mol. The number of ether oxygens (including phenoxy) is 3. The summed E-state index contributed by atoms with van der Waals surface area (Å²) in [6.07, 6.45) is -4.44. The lowest BCUT2D eigenvalue weighted by Gasteiger charge is -2.49. The number of aliphatic hydroxyl groups excluding tert-OH is 3. The molecule has 7 N–H and O–H groups in total. The number of pyridine rings is 1. The van der Waals surface area contributed by atoms with E-state index in [-0.39, 0.29) is 46.1 Å². The Balaban J connectivity index is 1.33. The lowest BCUT2D eigenvalue weighted by Crippen LogP contribution is -2.68. The fraction of sp³-hybridized carbons (Fsp3) is 0.324. The first-order chi connectivity index (χ1) is 23.3. The molecule has 2 aromatic carbocycles. The number of imide groups is 1. The van der Waals surface area contributed by atoms with Crippen LogP contribution in [0.4, 0.5) is 5.82 Å². The number of nitrogens with two attached hydrogens (primary N) is 1.